The average Bonchev–Trinajstić information content (AvgIpc) is 2.89. The molecule has 1 atom stereocenters. The molecule has 1 heterocycles. The lowest BCUT2D eigenvalue weighted by Gasteiger charge is -2.30. The van der Waals surface area contributed by atoms with Crippen LogP contribution in [0.2, 0.25) is 5.02 Å². The molecule has 10 heteroatoms. The minimum atomic E-state index is -1.04. The lowest BCUT2D eigenvalue weighted by atomic mass is 9.95. The number of carbonyl (C=O) groups is 2. The van der Waals surface area contributed by atoms with E-state index < -0.39 is 46.6 Å². The fourth-order valence-corrected chi connectivity index (χ4v) is 3.84. The van der Waals surface area contributed by atoms with Crippen LogP contribution >= 0.6 is 11.6 Å². The van der Waals surface area contributed by atoms with E-state index in [1.807, 2.05) is 0 Å². The zero-order valence-corrected chi connectivity index (χ0v) is 17.0. The summed E-state index contributed by atoms with van der Waals surface area (Å²) in [6, 6.07) is 11.3. The van der Waals surface area contributed by atoms with Gasteiger partial charge in [-0.3, -0.25) is 19.7 Å². The number of nitro groups is 1. The van der Waals surface area contributed by atoms with Gasteiger partial charge in [0.15, 0.2) is 0 Å². The highest BCUT2D eigenvalue weighted by atomic mass is 35.5. The summed E-state index contributed by atoms with van der Waals surface area (Å²) in [5, 5.41) is 14.2. The number of halogens is 3. The number of amides is 2. The van der Waals surface area contributed by atoms with Crippen molar-refractivity contribution in [2.75, 3.05) is 11.9 Å². The van der Waals surface area contributed by atoms with Crippen LogP contribution in [0.5, 0.6) is 0 Å². The molecule has 2 amide bonds. The van der Waals surface area contributed by atoms with E-state index in [0.717, 1.165) is 29.2 Å². The summed E-state index contributed by atoms with van der Waals surface area (Å²) in [5.41, 5.74) is 0.0542. The van der Waals surface area contributed by atoms with Gasteiger partial charge in [0.25, 0.3) is 11.6 Å². The Morgan fingerprint density at radius 2 is 1.75 bits per heavy atom. The average molecular weight is 458 g/mol. The van der Waals surface area contributed by atoms with Gasteiger partial charge in [-0.05, 0) is 48.0 Å². The number of nitrogens with one attached hydrogen (secondary N) is 1. The predicted molar refractivity (Wildman–Crippen MR) is 112 cm³/mol. The molecule has 0 radical (unpaired) electrons. The number of fused-ring (bicyclic) bond motifs is 1. The summed E-state index contributed by atoms with van der Waals surface area (Å²) < 4.78 is 27.7. The molecule has 0 bridgehead atoms. The molecule has 4 rings (SSSR count). The monoisotopic (exact) mass is 457 g/mol. The van der Waals surface area contributed by atoms with Crippen molar-refractivity contribution in [3.63, 3.8) is 0 Å². The van der Waals surface area contributed by atoms with Crippen molar-refractivity contribution in [2.24, 2.45) is 0 Å². The first-order chi connectivity index (χ1) is 15.2. The van der Waals surface area contributed by atoms with Crippen LogP contribution in [0.4, 0.5) is 20.2 Å². The van der Waals surface area contributed by atoms with E-state index in [2.05, 4.69) is 5.32 Å². The highest BCUT2D eigenvalue weighted by Gasteiger charge is 2.36. The Kier molecular flexibility index (Phi) is 5.58. The second-order valence-corrected chi connectivity index (χ2v) is 7.52. The van der Waals surface area contributed by atoms with Crippen LogP contribution in [0.3, 0.4) is 0 Å². The Balaban J connectivity index is 1.93. The standard InChI is InChI=1S/C22H14ClF2N3O4/c23-13-3-8-19(28(31)32)17(9-13)22(30)27-11-20(29)26-18-7-6-15(25)10-16(18)21(27)12-1-4-14(24)5-2-12/h1-10,21H,11H2,(H,26,29)/t21-/m0/s1. The Morgan fingerprint density at radius 1 is 1.06 bits per heavy atom. The maximum atomic E-state index is 14.2. The smallest absolute Gasteiger partial charge is 0.282 e. The molecule has 0 aliphatic carbocycles. The molecule has 1 aliphatic heterocycles. The van der Waals surface area contributed by atoms with E-state index >= 15 is 0 Å². The number of hydrogen-bond acceptors (Lipinski definition) is 4. The SMILES string of the molecule is O=C1CN(C(=O)c2cc(Cl)ccc2[N+](=O)[O-])[C@@H](c2ccc(F)cc2)c2cc(F)ccc2N1. The highest BCUT2D eigenvalue weighted by Crippen LogP contribution is 2.38. The molecule has 7 nitrogen and oxygen atoms in total. The number of nitrogens with zero attached hydrogens (tertiary/aromatic N) is 2. The molecule has 1 aliphatic rings. The van der Waals surface area contributed by atoms with Crippen LogP contribution in [0.25, 0.3) is 0 Å². The largest absolute Gasteiger partial charge is 0.324 e. The van der Waals surface area contributed by atoms with Crippen molar-refractivity contribution in [2.45, 2.75) is 6.04 Å². The van der Waals surface area contributed by atoms with Crippen LogP contribution in [-0.4, -0.2) is 28.2 Å². The second kappa shape index (κ2) is 8.35. The summed E-state index contributed by atoms with van der Waals surface area (Å²) >= 11 is 5.97. The minimum Gasteiger partial charge on any atom is -0.324 e. The van der Waals surface area contributed by atoms with Crippen molar-refractivity contribution in [3.8, 4) is 0 Å². The van der Waals surface area contributed by atoms with Crippen molar-refractivity contribution in [3.05, 3.63) is 104 Å². The quantitative estimate of drug-likeness (QED) is 0.455. The zero-order valence-electron chi connectivity index (χ0n) is 16.2. The van der Waals surface area contributed by atoms with Gasteiger partial charge in [0, 0.05) is 22.3 Å². The number of hydrogen-bond donors (Lipinski definition) is 1. The molecule has 1 N–H and O–H groups in total. The summed E-state index contributed by atoms with van der Waals surface area (Å²) in [6.45, 7) is -0.485. The fourth-order valence-electron chi connectivity index (χ4n) is 3.66. The Bertz CT molecular complexity index is 1250. The van der Waals surface area contributed by atoms with Crippen LogP contribution in [-0.2, 0) is 4.79 Å². The molecule has 0 unspecified atom stereocenters. The van der Waals surface area contributed by atoms with Gasteiger partial charge in [-0.25, -0.2) is 8.78 Å². The highest BCUT2D eigenvalue weighted by molar-refractivity contribution is 6.31. The molecule has 3 aromatic carbocycles. The van der Waals surface area contributed by atoms with Gasteiger partial charge in [-0.2, -0.15) is 0 Å². The summed E-state index contributed by atoms with van der Waals surface area (Å²) in [7, 11) is 0. The van der Waals surface area contributed by atoms with Crippen molar-refractivity contribution < 1.29 is 23.3 Å². The lowest BCUT2D eigenvalue weighted by molar-refractivity contribution is -0.385. The van der Waals surface area contributed by atoms with E-state index in [1.54, 1.807) is 0 Å². The molecular formula is C22H14ClF2N3O4. The maximum Gasteiger partial charge on any atom is 0.282 e. The third kappa shape index (κ3) is 4.02. The van der Waals surface area contributed by atoms with Gasteiger partial charge >= 0.3 is 0 Å². The summed E-state index contributed by atoms with van der Waals surface area (Å²) in [4.78, 5) is 38.0. The molecule has 32 heavy (non-hydrogen) atoms. The first kappa shape index (κ1) is 21.4. The molecular weight excluding hydrogens is 444 g/mol. The Morgan fingerprint density at radius 3 is 2.44 bits per heavy atom. The van der Waals surface area contributed by atoms with Crippen LogP contribution in [0.1, 0.15) is 27.5 Å². The van der Waals surface area contributed by atoms with Crippen molar-refractivity contribution >= 4 is 34.8 Å². The first-order valence-electron chi connectivity index (χ1n) is 9.34. The molecule has 0 spiro atoms. The van der Waals surface area contributed by atoms with E-state index in [-0.39, 0.29) is 21.8 Å². The fraction of sp³-hybridized carbons (Fsp3) is 0.0909. The topological polar surface area (TPSA) is 92.5 Å². The van der Waals surface area contributed by atoms with E-state index in [4.69, 9.17) is 11.6 Å². The van der Waals surface area contributed by atoms with Crippen molar-refractivity contribution in [1.82, 2.24) is 4.90 Å². The molecule has 0 aromatic heterocycles. The number of anilines is 1. The molecule has 0 fully saturated rings. The number of benzene rings is 3. The summed E-state index contributed by atoms with van der Waals surface area (Å²) in [5.74, 6) is -2.59. The van der Waals surface area contributed by atoms with Gasteiger partial charge < -0.3 is 10.2 Å². The van der Waals surface area contributed by atoms with Crippen LogP contribution < -0.4 is 5.32 Å². The normalized spacial score (nSPS) is 15.5. The van der Waals surface area contributed by atoms with Gasteiger partial charge in [0.2, 0.25) is 5.91 Å². The van der Waals surface area contributed by atoms with Gasteiger partial charge in [0.1, 0.15) is 23.7 Å². The van der Waals surface area contributed by atoms with Crippen LogP contribution in [0.15, 0.2) is 60.7 Å². The van der Waals surface area contributed by atoms with Gasteiger partial charge in [-0.15, -0.1) is 0 Å². The number of carbonyl (C=O) groups excluding carboxylic acids is 2. The molecule has 162 valence electrons. The Hall–Kier alpha value is -3.85. The minimum absolute atomic E-state index is 0.0861. The maximum absolute atomic E-state index is 14.2. The van der Waals surface area contributed by atoms with Crippen molar-refractivity contribution in [1.29, 1.82) is 0 Å². The van der Waals surface area contributed by atoms with Gasteiger partial charge in [-0.1, -0.05) is 23.7 Å². The number of rotatable bonds is 3. The third-order valence-electron chi connectivity index (χ3n) is 5.04. The zero-order chi connectivity index (χ0) is 23.0. The Labute approximate surface area is 185 Å². The van der Waals surface area contributed by atoms with Crippen LogP contribution in [0, 0.1) is 21.7 Å². The predicted octanol–water partition coefficient (Wildman–Crippen LogP) is 4.71. The molecule has 0 saturated heterocycles. The van der Waals surface area contributed by atoms with E-state index in [1.165, 1.54) is 36.4 Å². The third-order valence-corrected chi connectivity index (χ3v) is 5.28. The first-order valence-corrected chi connectivity index (χ1v) is 9.72. The molecule has 0 saturated carbocycles. The lowest BCUT2D eigenvalue weighted by Crippen LogP contribution is -2.39. The number of nitro benzene ring substituents is 1. The summed E-state index contributed by atoms with van der Waals surface area (Å²) in [6.07, 6.45) is 0. The van der Waals surface area contributed by atoms with Gasteiger partial charge in [0.05, 0.1) is 11.0 Å². The van der Waals surface area contributed by atoms with E-state index in [9.17, 15) is 28.5 Å². The van der Waals surface area contributed by atoms with E-state index in [0.29, 0.717) is 5.56 Å². The second-order valence-electron chi connectivity index (χ2n) is 7.09. The molecule has 3 aromatic rings.